The average molecular weight is 335 g/mol. The van der Waals surface area contributed by atoms with Crippen LogP contribution < -0.4 is 4.90 Å². The molecule has 3 heterocycles. The SMILES string of the molecule is CC(=O)N1c2ccc(-c3csc(-c4cccnc4)n3)cc2CC1C. The van der Waals surface area contributed by atoms with Crippen molar-refractivity contribution in [1.82, 2.24) is 9.97 Å². The molecule has 1 aliphatic rings. The molecule has 1 aliphatic heterocycles. The van der Waals surface area contributed by atoms with Crippen LogP contribution in [0.5, 0.6) is 0 Å². The predicted molar refractivity (Wildman–Crippen MR) is 97.1 cm³/mol. The Morgan fingerprint density at radius 3 is 2.92 bits per heavy atom. The van der Waals surface area contributed by atoms with Crippen LogP contribution >= 0.6 is 11.3 Å². The normalized spacial score (nSPS) is 16.2. The van der Waals surface area contributed by atoms with Gasteiger partial charge in [0, 0.05) is 47.6 Å². The first-order valence-electron chi connectivity index (χ1n) is 7.92. The minimum Gasteiger partial charge on any atom is -0.309 e. The molecule has 0 radical (unpaired) electrons. The van der Waals surface area contributed by atoms with E-state index >= 15 is 0 Å². The molecule has 5 heteroatoms. The van der Waals surface area contributed by atoms with Gasteiger partial charge in [-0.15, -0.1) is 11.3 Å². The van der Waals surface area contributed by atoms with E-state index in [1.54, 1.807) is 24.5 Å². The van der Waals surface area contributed by atoms with Crippen molar-refractivity contribution in [2.45, 2.75) is 26.3 Å². The number of rotatable bonds is 2. The largest absolute Gasteiger partial charge is 0.309 e. The summed E-state index contributed by atoms with van der Waals surface area (Å²) in [5.74, 6) is 0.0986. The standard InChI is InChI=1S/C19H17N3OS/c1-12-8-16-9-14(5-6-18(16)22(12)13(2)23)17-11-24-19(21-17)15-4-3-7-20-10-15/h3-7,9-12H,8H2,1-2H3. The van der Waals surface area contributed by atoms with Gasteiger partial charge in [0.25, 0.3) is 0 Å². The van der Waals surface area contributed by atoms with Crippen LogP contribution in [-0.2, 0) is 11.2 Å². The lowest BCUT2D eigenvalue weighted by Crippen LogP contribution is -2.33. The predicted octanol–water partition coefficient (Wildman–Crippen LogP) is 4.17. The maximum absolute atomic E-state index is 11.8. The summed E-state index contributed by atoms with van der Waals surface area (Å²) in [5, 5.41) is 3.04. The Morgan fingerprint density at radius 2 is 2.17 bits per heavy atom. The Balaban J connectivity index is 1.69. The highest BCUT2D eigenvalue weighted by atomic mass is 32.1. The van der Waals surface area contributed by atoms with E-state index in [-0.39, 0.29) is 11.9 Å². The highest BCUT2D eigenvalue weighted by Gasteiger charge is 2.29. The first-order valence-corrected chi connectivity index (χ1v) is 8.80. The molecule has 2 aromatic heterocycles. The molecule has 120 valence electrons. The van der Waals surface area contributed by atoms with Gasteiger partial charge in [0.15, 0.2) is 0 Å². The van der Waals surface area contributed by atoms with Crippen LogP contribution in [0.4, 0.5) is 5.69 Å². The van der Waals surface area contributed by atoms with Crippen molar-refractivity contribution in [3.8, 4) is 21.8 Å². The minimum atomic E-state index is 0.0986. The van der Waals surface area contributed by atoms with Crippen molar-refractivity contribution >= 4 is 22.9 Å². The maximum atomic E-state index is 11.8. The smallest absolute Gasteiger partial charge is 0.224 e. The number of benzene rings is 1. The van der Waals surface area contributed by atoms with Crippen LogP contribution in [0.2, 0.25) is 0 Å². The lowest BCUT2D eigenvalue weighted by atomic mass is 10.1. The zero-order chi connectivity index (χ0) is 16.7. The second-order valence-electron chi connectivity index (χ2n) is 6.07. The quantitative estimate of drug-likeness (QED) is 0.706. The minimum absolute atomic E-state index is 0.0986. The molecule has 0 saturated carbocycles. The van der Waals surface area contributed by atoms with E-state index in [0.717, 1.165) is 33.9 Å². The first-order chi connectivity index (χ1) is 11.6. The van der Waals surface area contributed by atoms with Crippen molar-refractivity contribution in [3.05, 3.63) is 53.7 Å². The molecular formula is C19H17N3OS. The van der Waals surface area contributed by atoms with Crippen LogP contribution in [0.25, 0.3) is 21.8 Å². The molecule has 0 bridgehead atoms. The number of carbonyl (C=O) groups excluding carboxylic acids is 1. The van der Waals surface area contributed by atoms with Crippen molar-refractivity contribution in [2.24, 2.45) is 0 Å². The van der Waals surface area contributed by atoms with E-state index in [4.69, 9.17) is 4.98 Å². The number of aromatic nitrogens is 2. The van der Waals surface area contributed by atoms with Gasteiger partial charge in [0.1, 0.15) is 5.01 Å². The van der Waals surface area contributed by atoms with E-state index < -0.39 is 0 Å². The number of fused-ring (bicyclic) bond motifs is 1. The van der Waals surface area contributed by atoms with Gasteiger partial charge in [-0.1, -0.05) is 6.07 Å². The Morgan fingerprint density at radius 1 is 1.29 bits per heavy atom. The third-order valence-electron chi connectivity index (χ3n) is 4.34. The first kappa shape index (κ1) is 15.0. The molecule has 1 aromatic carbocycles. The highest BCUT2D eigenvalue weighted by Crippen LogP contribution is 2.36. The van der Waals surface area contributed by atoms with Crippen molar-refractivity contribution in [2.75, 3.05) is 4.90 Å². The van der Waals surface area contributed by atoms with Crippen LogP contribution in [0.3, 0.4) is 0 Å². The zero-order valence-corrected chi connectivity index (χ0v) is 14.4. The van der Waals surface area contributed by atoms with Crippen LogP contribution in [0, 0.1) is 0 Å². The summed E-state index contributed by atoms with van der Waals surface area (Å²) >= 11 is 1.62. The molecule has 24 heavy (non-hydrogen) atoms. The summed E-state index contributed by atoms with van der Waals surface area (Å²) in [5.41, 5.74) is 5.34. The summed E-state index contributed by atoms with van der Waals surface area (Å²) < 4.78 is 0. The molecule has 3 aromatic rings. The molecule has 0 fully saturated rings. The zero-order valence-electron chi connectivity index (χ0n) is 13.6. The molecule has 1 unspecified atom stereocenters. The van der Waals surface area contributed by atoms with Crippen LogP contribution in [0.1, 0.15) is 19.4 Å². The lowest BCUT2D eigenvalue weighted by molar-refractivity contribution is -0.116. The van der Waals surface area contributed by atoms with Gasteiger partial charge in [0.05, 0.1) is 5.69 Å². The molecule has 4 rings (SSSR count). The Bertz CT molecular complexity index is 904. The molecule has 1 atom stereocenters. The molecular weight excluding hydrogens is 318 g/mol. The topological polar surface area (TPSA) is 46.1 Å². The van der Waals surface area contributed by atoms with E-state index in [9.17, 15) is 4.79 Å². The summed E-state index contributed by atoms with van der Waals surface area (Å²) in [4.78, 5) is 22.6. The molecule has 0 aliphatic carbocycles. The number of hydrogen-bond donors (Lipinski definition) is 0. The van der Waals surface area contributed by atoms with Gasteiger partial charge in [-0.2, -0.15) is 0 Å². The number of pyridine rings is 1. The van der Waals surface area contributed by atoms with Gasteiger partial charge in [0.2, 0.25) is 5.91 Å². The van der Waals surface area contributed by atoms with Crippen molar-refractivity contribution in [1.29, 1.82) is 0 Å². The fourth-order valence-corrected chi connectivity index (χ4v) is 4.12. The van der Waals surface area contributed by atoms with Crippen LogP contribution in [-0.4, -0.2) is 21.9 Å². The van der Waals surface area contributed by atoms with E-state index in [1.165, 1.54) is 5.56 Å². The van der Waals surface area contributed by atoms with Crippen LogP contribution in [0.15, 0.2) is 48.1 Å². The summed E-state index contributed by atoms with van der Waals surface area (Å²) in [6.45, 7) is 3.71. The fraction of sp³-hybridized carbons (Fsp3) is 0.211. The lowest BCUT2D eigenvalue weighted by Gasteiger charge is -2.20. The molecule has 4 nitrogen and oxygen atoms in total. The number of nitrogens with zero attached hydrogens (tertiary/aromatic N) is 3. The molecule has 1 amide bonds. The molecule has 0 saturated heterocycles. The average Bonchev–Trinajstić information content (AvgIpc) is 3.18. The Kier molecular flexibility index (Phi) is 3.65. The van der Waals surface area contributed by atoms with Gasteiger partial charge in [-0.25, -0.2) is 4.98 Å². The van der Waals surface area contributed by atoms with Gasteiger partial charge in [-0.3, -0.25) is 9.78 Å². The van der Waals surface area contributed by atoms with Crippen molar-refractivity contribution < 1.29 is 4.79 Å². The Labute approximate surface area is 144 Å². The number of anilines is 1. The van der Waals surface area contributed by atoms with E-state index in [1.807, 2.05) is 29.3 Å². The van der Waals surface area contributed by atoms with Crippen molar-refractivity contribution in [3.63, 3.8) is 0 Å². The highest BCUT2D eigenvalue weighted by molar-refractivity contribution is 7.13. The van der Waals surface area contributed by atoms with E-state index in [0.29, 0.717) is 0 Å². The second-order valence-corrected chi connectivity index (χ2v) is 6.92. The third-order valence-corrected chi connectivity index (χ3v) is 5.23. The summed E-state index contributed by atoms with van der Waals surface area (Å²) in [6.07, 6.45) is 4.49. The Hall–Kier alpha value is -2.53. The second kappa shape index (κ2) is 5.83. The van der Waals surface area contributed by atoms with Gasteiger partial charge in [-0.05, 0) is 43.2 Å². The fourth-order valence-electron chi connectivity index (χ4n) is 3.30. The van der Waals surface area contributed by atoms with E-state index in [2.05, 4.69) is 29.4 Å². The monoisotopic (exact) mass is 335 g/mol. The summed E-state index contributed by atoms with van der Waals surface area (Å²) in [7, 11) is 0. The number of hydrogen-bond acceptors (Lipinski definition) is 4. The maximum Gasteiger partial charge on any atom is 0.224 e. The number of thiazole rings is 1. The number of carbonyl (C=O) groups is 1. The van der Waals surface area contributed by atoms with Gasteiger partial charge < -0.3 is 4.90 Å². The third kappa shape index (κ3) is 2.51. The number of amides is 1. The van der Waals surface area contributed by atoms with Gasteiger partial charge >= 0.3 is 0 Å². The summed E-state index contributed by atoms with van der Waals surface area (Å²) in [6, 6.07) is 10.4. The molecule has 0 spiro atoms. The molecule has 0 N–H and O–H groups in total.